The third-order valence-electron chi connectivity index (χ3n) is 3.09. The summed E-state index contributed by atoms with van der Waals surface area (Å²) >= 11 is 0. The summed E-state index contributed by atoms with van der Waals surface area (Å²) in [6.07, 6.45) is 2.88. The summed E-state index contributed by atoms with van der Waals surface area (Å²) < 4.78 is 0. The van der Waals surface area contributed by atoms with Gasteiger partial charge in [-0.05, 0) is 44.3 Å². The van der Waals surface area contributed by atoms with E-state index in [1.54, 1.807) is 0 Å². The molecule has 1 saturated carbocycles. The van der Waals surface area contributed by atoms with Crippen molar-refractivity contribution in [2.75, 3.05) is 26.7 Å². The summed E-state index contributed by atoms with van der Waals surface area (Å²) in [6, 6.07) is 0. The molecule has 2 rings (SSSR count). The third-order valence-corrected chi connectivity index (χ3v) is 3.09. The first-order valence-electron chi connectivity index (χ1n) is 4.23. The van der Waals surface area contributed by atoms with Gasteiger partial charge in [-0.15, -0.1) is 0 Å². The second-order valence-electron chi connectivity index (χ2n) is 3.75. The van der Waals surface area contributed by atoms with Crippen molar-refractivity contribution in [2.45, 2.75) is 12.8 Å². The van der Waals surface area contributed by atoms with Gasteiger partial charge in [0.25, 0.3) is 0 Å². The Balaban J connectivity index is 1.86. The SMILES string of the molecule is CNCC1CC12CCNC2. The van der Waals surface area contributed by atoms with Crippen LogP contribution in [-0.2, 0) is 0 Å². The Hall–Kier alpha value is -0.0800. The molecule has 10 heavy (non-hydrogen) atoms. The zero-order valence-corrected chi connectivity index (χ0v) is 6.61. The van der Waals surface area contributed by atoms with Gasteiger partial charge in [0.2, 0.25) is 0 Å². The molecule has 1 spiro atoms. The molecule has 0 bridgehead atoms. The highest BCUT2D eigenvalue weighted by atomic mass is 15.0. The van der Waals surface area contributed by atoms with Crippen molar-refractivity contribution < 1.29 is 0 Å². The van der Waals surface area contributed by atoms with Crippen LogP contribution in [0.15, 0.2) is 0 Å². The topological polar surface area (TPSA) is 24.1 Å². The first kappa shape index (κ1) is 6.62. The Bertz CT molecular complexity index is 127. The van der Waals surface area contributed by atoms with E-state index in [1.165, 1.54) is 32.5 Å². The van der Waals surface area contributed by atoms with Gasteiger partial charge in [0.1, 0.15) is 0 Å². The van der Waals surface area contributed by atoms with Gasteiger partial charge >= 0.3 is 0 Å². The van der Waals surface area contributed by atoms with Gasteiger partial charge in [0.15, 0.2) is 0 Å². The van der Waals surface area contributed by atoms with E-state index in [4.69, 9.17) is 0 Å². The third kappa shape index (κ3) is 0.867. The number of rotatable bonds is 2. The lowest BCUT2D eigenvalue weighted by atomic mass is 10.0. The fourth-order valence-electron chi connectivity index (χ4n) is 2.25. The quantitative estimate of drug-likeness (QED) is 0.573. The zero-order valence-electron chi connectivity index (χ0n) is 6.61. The molecule has 0 radical (unpaired) electrons. The van der Waals surface area contributed by atoms with E-state index in [2.05, 4.69) is 17.7 Å². The fraction of sp³-hybridized carbons (Fsp3) is 1.00. The van der Waals surface area contributed by atoms with Crippen LogP contribution in [0.5, 0.6) is 0 Å². The number of hydrogen-bond acceptors (Lipinski definition) is 2. The highest BCUT2D eigenvalue weighted by molar-refractivity contribution is 5.07. The Morgan fingerprint density at radius 3 is 3.20 bits per heavy atom. The normalized spacial score (nSPS) is 44.7. The van der Waals surface area contributed by atoms with Gasteiger partial charge in [-0.3, -0.25) is 0 Å². The lowest BCUT2D eigenvalue weighted by molar-refractivity contribution is 0.490. The Morgan fingerprint density at radius 1 is 1.70 bits per heavy atom. The molecule has 0 aromatic heterocycles. The Kier molecular flexibility index (Phi) is 1.46. The van der Waals surface area contributed by atoms with Gasteiger partial charge in [0.05, 0.1) is 0 Å². The molecule has 2 atom stereocenters. The smallest absolute Gasteiger partial charge is 0.00115 e. The van der Waals surface area contributed by atoms with Crippen LogP contribution < -0.4 is 10.6 Å². The van der Waals surface area contributed by atoms with E-state index in [9.17, 15) is 0 Å². The largest absolute Gasteiger partial charge is 0.319 e. The summed E-state index contributed by atoms with van der Waals surface area (Å²) in [5.41, 5.74) is 0.739. The van der Waals surface area contributed by atoms with Crippen LogP contribution >= 0.6 is 0 Å². The molecule has 0 amide bonds. The maximum absolute atomic E-state index is 3.44. The second-order valence-corrected chi connectivity index (χ2v) is 3.75. The molecule has 1 heterocycles. The average molecular weight is 140 g/mol. The second kappa shape index (κ2) is 2.21. The summed E-state index contributed by atoms with van der Waals surface area (Å²) in [5, 5.41) is 6.69. The number of nitrogens with one attached hydrogen (secondary N) is 2. The van der Waals surface area contributed by atoms with Crippen LogP contribution in [0.25, 0.3) is 0 Å². The maximum Gasteiger partial charge on any atom is 0.00115 e. The minimum Gasteiger partial charge on any atom is -0.319 e. The molecule has 2 nitrogen and oxygen atoms in total. The molecular weight excluding hydrogens is 124 g/mol. The van der Waals surface area contributed by atoms with E-state index >= 15 is 0 Å². The Morgan fingerprint density at radius 2 is 2.60 bits per heavy atom. The van der Waals surface area contributed by atoms with Crippen LogP contribution in [0.4, 0.5) is 0 Å². The minimum atomic E-state index is 0.739. The zero-order chi connectivity index (χ0) is 7.03. The molecule has 2 fully saturated rings. The molecule has 1 aliphatic carbocycles. The van der Waals surface area contributed by atoms with E-state index in [-0.39, 0.29) is 0 Å². The predicted octanol–water partition coefficient (Wildman–Crippen LogP) is 0.205. The van der Waals surface area contributed by atoms with Crippen molar-refractivity contribution >= 4 is 0 Å². The van der Waals surface area contributed by atoms with Crippen molar-refractivity contribution in [3.8, 4) is 0 Å². The lowest BCUT2D eigenvalue weighted by Gasteiger charge is -2.05. The van der Waals surface area contributed by atoms with Crippen LogP contribution in [0.1, 0.15) is 12.8 Å². The van der Waals surface area contributed by atoms with Crippen molar-refractivity contribution in [2.24, 2.45) is 11.3 Å². The monoisotopic (exact) mass is 140 g/mol. The highest BCUT2D eigenvalue weighted by Gasteiger charge is 2.54. The Labute approximate surface area is 62.4 Å². The van der Waals surface area contributed by atoms with Crippen LogP contribution in [-0.4, -0.2) is 26.7 Å². The lowest BCUT2D eigenvalue weighted by Crippen LogP contribution is -2.17. The molecule has 0 aromatic rings. The van der Waals surface area contributed by atoms with E-state index in [0.29, 0.717) is 0 Å². The van der Waals surface area contributed by atoms with Gasteiger partial charge in [-0.1, -0.05) is 0 Å². The summed E-state index contributed by atoms with van der Waals surface area (Å²) in [7, 11) is 2.05. The van der Waals surface area contributed by atoms with Gasteiger partial charge in [-0.2, -0.15) is 0 Å². The predicted molar refractivity (Wildman–Crippen MR) is 42.0 cm³/mol. The molecule has 2 unspecified atom stereocenters. The molecule has 2 N–H and O–H groups in total. The highest BCUT2D eigenvalue weighted by Crippen LogP contribution is 2.55. The fourth-order valence-corrected chi connectivity index (χ4v) is 2.25. The van der Waals surface area contributed by atoms with Crippen molar-refractivity contribution in [3.05, 3.63) is 0 Å². The first-order chi connectivity index (χ1) is 4.87. The first-order valence-corrected chi connectivity index (χ1v) is 4.23. The molecule has 2 heteroatoms. The van der Waals surface area contributed by atoms with Gasteiger partial charge in [0, 0.05) is 6.54 Å². The minimum absolute atomic E-state index is 0.739. The summed E-state index contributed by atoms with van der Waals surface area (Å²) in [5.74, 6) is 0.979. The van der Waals surface area contributed by atoms with E-state index in [0.717, 1.165) is 11.3 Å². The molecular formula is C8H16N2. The summed E-state index contributed by atoms with van der Waals surface area (Å²) in [6.45, 7) is 3.75. The average Bonchev–Trinajstić information content (AvgIpc) is 2.43. The van der Waals surface area contributed by atoms with E-state index < -0.39 is 0 Å². The maximum atomic E-state index is 3.44. The molecule has 2 aliphatic rings. The van der Waals surface area contributed by atoms with Gasteiger partial charge in [-0.25, -0.2) is 0 Å². The van der Waals surface area contributed by atoms with Gasteiger partial charge < -0.3 is 10.6 Å². The van der Waals surface area contributed by atoms with Crippen LogP contribution in [0.3, 0.4) is 0 Å². The molecule has 1 aliphatic heterocycles. The molecule has 0 aromatic carbocycles. The van der Waals surface area contributed by atoms with Crippen LogP contribution in [0, 0.1) is 11.3 Å². The van der Waals surface area contributed by atoms with E-state index in [1.807, 2.05) is 0 Å². The van der Waals surface area contributed by atoms with Crippen LogP contribution in [0.2, 0.25) is 0 Å². The molecule has 1 saturated heterocycles. The van der Waals surface area contributed by atoms with Crippen molar-refractivity contribution in [1.29, 1.82) is 0 Å². The number of hydrogen-bond donors (Lipinski definition) is 2. The van der Waals surface area contributed by atoms with Crippen molar-refractivity contribution in [1.82, 2.24) is 10.6 Å². The summed E-state index contributed by atoms with van der Waals surface area (Å²) in [4.78, 5) is 0. The van der Waals surface area contributed by atoms with Crippen molar-refractivity contribution in [3.63, 3.8) is 0 Å². The standard InChI is InChI=1S/C8H16N2/c1-9-5-7-4-8(7)2-3-10-6-8/h7,9-10H,2-6H2,1H3. The molecule has 58 valence electrons.